The monoisotopic (exact) mass is 359 g/mol. The predicted octanol–water partition coefficient (Wildman–Crippen LogP) is 3.79. The van der Waals surface area contributed by atoms with Gasteiger partial charge in [0, 0.05) is 23.6 Å². The highest BCUT2D eigenvalue weighted by atomic mass is 19.1. The highest BCUT2D eigenvalue weighted by molar-refractivity contribution is 5.94. The number of carbonyl (C=O) groups is 1. The van der Waals surface area contributed by atoms with Crippen molar-refractivity contribution in [2.24, 2.45) is 0 Å². The van der Waals surface area contributed by atoms with Crippen LogP contribution in [-0.4, -0.2) is 12.0 Å². The number of anilines is 1. The number of halogens is 2. The summed E-state index contributed by atoms with van der Waals surface area (Å²) in [6, 6.07) is 9.09. The largest absolute Gasteiger partial charge is 0.481 e. The van der Waals surface area contributed by atoms with Gasteiger partial charge in [-0.15, -0.1) is 0 Å². The van der Waals surface area contributed by atoms with Crippen LogP contribution in [0.2, 0.25) is 0 Å². The molecule has 0 fully saturated rings. The van der Waals surface area contributed by atoms with Crippen molar-refractivity contribution in [2.75, 3.05) is 5.32 Å². The minimum atomic E-state index is -0.964. The fraction of sp³-hybridized carbons (Fsp3) is 0.158. The Morgan fingerprint density at radius 2 is 1.92 bits per heavy atom. The van der Waals surface area contributed by atoms with Crippen LogP contribution in [0.1, 0.15) is 12.5 Å². The summed E-state index contributed by atoms with van der Waals surface area (Å²) in [5.41, 5.74) is 0.474. The Kier molecular flexibility index (Phi) is 4.71. The molecule has 0 aliphatic rings. The molecule has 0 bridgehead atoms. The molecule has 1 aromatic heterocycles. The summed E-state index contributed by atoms with van der Waals surface area (Å²) >= 11 is 0. The van der Waals surface area contributed by atoms with Crippen LogP contribution in [0, 0.1) is 18.6 Å². The van der Waals surface area contributed by atoms with E-state index in [9.17, 15) is 18.4 Å². The third-order valence-corrected chi connectivity index (χ3v) is 3.79. The summed E-state index contributed by atoms with van der Waals surface area (Å²) in [5, 5.41) is 3.09. The lowest BCUT2D eigenvalue weighted by molar-refractivity contribution is -0.122. The molecule has 3 aromatic rings. The quantitative estimate of drug-likeness (QED) is 0.720. The van der Waals surface area contributed by atoms with E-state index in [2.05, 4.69) is 5.32 Å². The fourth-order valence-electron chi connectivity index (χ4n) is 2.46. The van der Waals surface area contributed by atoms with E-state index in [0.717, 1.165) is 23.1 Å². The topological polar surface area (TPSA) is 68.5 Å². The second kappa shape index (κ2) is 6.95. The van der Waals surface area contributed by atoms with E-state index in [4.69, 9.17) is 9.15 Å². The Bertz CT molecular complexity index is 1050. The molecule has 2 aromatic carbocycles. The van der Waals surface area contributed by atoms with Crippen LogP contribution >= 0.6 is 0 Å². The summed E-state index contributed by atoms with van der Waals surface area (Å²) < 4.78 is 37.2. The molecule has 0 radical (unpaired) electrons. The zero-order valence-corrected chi connectivity index (χ0v) is 14.0. The third-order valence-electron chi connectivity index (χ3n) is 3.79. The van der Waals surface area contributed by atoms with Gasteiger partial charge < -0.3 is 14.5 Å². The number of amides is 1. The number of aryl methyl sites for hydroxylation is 1. The van der Waals surface area contributed by atoms with Crippen LogP contribution in [0.5, 0.6) is 5.75 Å². The molecule has 134 valence electrons. The number of benzene rings is 2. The fourth-order valence-corrected chi connectivity index (χ4v) is 2.46. The van der Waals surface area contributed by atoms with E-state index in [1.165, 1.54) is 19.1 Å². The first-order valence-corrected chi connectivity index (χ1v) is 7.80. The molecular weight excluding hydrogens is 344 g/mol. The molecular formula is C19H15F2NO4. The van der Waals surface area contributed by atoms with E-state index in [1.807, 2.05) is 0 Å². The van der Waals surface area contributed by atoms with Crippen LogP contribution in [0.4, 0.5) is 14.5 Å². The number of hydrogen-bond donors (Lipinski definition) is 1. The van der Waals surface area contributed by atoms with Gasteiger partial charge in [0.2, 0.25) is 0 Å². The van der Waals surface area contributed by atoms with Gasteiger partial charge in [0.1, 0.15) is 23.0 Å². The van der Waals surface area contributed by atoms with Crippen molar-refractivity contribution in [3.8, 4) is 5.75 Å². The van der Waals surface area contributed by atoms with Crippen LogP contribution in [0.25, 0.3) is 11.0 Å². The zero-order valence-electron chi connectivity index (χ0n) is 14.0. The van der Waals surface area contributed by atoms with E-state index < -0.39 is 29.3 Å². The van der Waals surface area contributed by atoms with Gasteiger partial charge in [-0.3, -0.25) is 4.79 Å². The van der Waals surface area contributed by atoms with Gasteiger partial charge in [-0.25, -0.2) is 13.6 Å². The molecule has 0 spiro atoms. The van der Waals surface area contributed by atoms with Gasteiger partial charge in [-0.1, -0.05) is 0 Å². The second-order valence-electron chi connectivity index (χ2n) is 5.78. The van der Waals surface area contributed by atoms with Crippen molar-refractivity contribution in [1.29, 1.82) is 0 Å². The first kappa shape index (κ1) is 17.6. The number of fused-ring (bicyclic) bond motifs is 1. The molecule has 0 unspecified atom stereocenters. The van der Waals surface area contributed by atoms with Gasteiger partial charge in [0.15, 0.2) is 6.10 Å². The van der Waals surface area contributed by atoms with Gasteiger partial charge >= 0.3 is 5.63 Å². The maximum absolute atomic E-state index is 13.6. The predicted molar refractivity (Wildman–Crippen MR) is 92.3 cm³/mol. The number of nitrogens with one attached hydrogen (secondary N) is 1. The Morgan fingerprint density at radius 1 is 1.15 bits per heavy atom. The van der Waals surface area contributed by atoms with Gasteiger partial charge in [0.25, 0.3) is 5.91 Å². The van der Waals surface area contributed by atoms with Crippen LogP contribution in [-0.2, 0) is 4.79 Å². The summed E-state index contributed by atoms with van der Waals surface area (Å²) in [5.74, 6) is -1.92. The molecule has 7 heteroatoms. The summed E-state index contributed by atoms with van der Waals surface area (Å²) in [4.78, 5) is 23.6. The summed E-state index contributed by atoms with van der Waals surface area (Å²) in [7, 11) is 0. The summed E-state index contributed by atoms with van der Waals surface area (Å²) in [6.45, 7) is 3.26. The van der Waals surface area contributed by atoms with E-state index in [-0.39, 0.29) is 5.69 Å². The molecule has 0 aliphatic heterocycles. The lowest BCUT2D eigenvalue weighted by Gasteiger charge is -2.15. The Hall–Kier alpha value is -3.22. The van der Waals surface area contributed by atoms with Crippen molar-refractivity contribution in [1.82, 2.24) is 0 Å². The third kappa shape index (κ3) is 3.72. The van der Waals surface area contributed by atoms with Gasteiger partial charge in [-0.2, -0.15) is 0 Å². The van der Waals surface area contributed by atoms with Crippen molar-refractivity contribution >= 4 is 22.6 Å². The second-order valence-corrected chi connectivity index (χ2v) is 5.78. The van der Waals surface area contributed by atoms with Crippen LogP contribution < -0.4 is 15.7 Å². The number of hydrogen-bond acceptors (Lipinski definition) is 4. The molecule has 1 atom stereocenters. The molecule has 0 saturated carbocycles. The molecule has 26 heavy (non-hydrogen) atoms. The number of rotatable bonds is 4. The van der Waals surface area contributed by atoms with Gasteiger partial charge in [-0.05, 0) is 43.7 Å². The Labute approximate surface area is 147 Å². The minimum absolute atomic E-state index is 0.146. The van der Waals surface area contributed by atoms with E-state index in [1.54, 1.807) is 19.1 Å². The average molecular weight is 359 g/mol. The average Bonchev–Trinajstić information content (AvgIpc) is 2.56. The molecule has 3 rings (SSSR count). The molecule has 1 heterocycles. The molecule has 0 aliphatic carbocycles. The summed E-state index contributed by atoms with van der Waals surface area (Å²) in [6.07, 6.45) is -0.964. The van der Waals surface area contributed by atoms with Crippen molar-refractivity contribution in [2.45, 2.75) is 20.0 Å². The molecule has 0 saturated heterocycles. The minimum Gasteiger partial charge on any atom is -0.481 e. The normalized spacial score (nSPS) is 12.0. The zero-order chi connectivity index (χ0) is 18.8. The number of carbonyl (C=O) groups excluding carboxylic acids is 1. The highest BCUT2D eigenvalue weighted by Gasteiger charge is 2.17. The smallest absolute Gasteiger partial charge is 0.336 e. The molecule has 1 amide bonds. The van der Waals surface area contributed by atoms with Crippen molar-refractivity contribution in [3.05, 3.63) is 70.1 Å². The van der Waals surface area contributed by atoms with Crippen LogP contribution in [0.3, 0.4) is 0 Å². The standard InChI is InChI=1S/C19H15F2NO4/c1-10-7-18(23)26-17-9-13(4-5-14(10)17)25-11(2)19(24)22-16-6-3-12(20)8-15(16)21/h3-9,11H,1-2H3,(H,22,24)/t11-/m1/s1. The van der Waals surface area contributed by atoms with Crippen LogP contribution in [0.15, 0.2) is 51.7 Å². The van der Waals surface area contributed by atoms with E-state index >= 15 is 0 Å². The van der Waals surface area contributed by atoms with Crippen molar-refractivity contribution < 1.29 is 22.7 Å². The van der Waals surface area contributed by atoms with Gasteiger partial charge in [0.05, 0.1) is 5.69 Å². The maximum atomic E-state index is 13.6. The Morgan fingerprint density at radius 3 is 2.65 bits per heavy atom. The number of ether oxygens (including phenoxy) is 1. The first-order chi connectivity index (χ1) is 12.3. The van der Waals surface area contributed by atoms with Crippen molar-refractivity contribution in [3.63, 3.8) is 0 Å². The maximum Gasteiger partial charge on any atom is 0.336 e. The molecule has 1 N–H and O–H groups in total. The lowest BCUT2D eigenvalue weighted by atomic mass is 10.1. The lowest BCUT2D eigenvalue weighted by Crippen LogP contribution is -2.30. The highest BCUT2D eigenvalue weighted by Crippen LogP contribution is 2.23. The van der Waals surface area contributed by atoms with E-state index in [0.29, 0.717) is 17.4 Å². The SMILES string of the molecule is Cc1cc(=O)oc2cc(O[C@H](C)C(=O)Nc3ccc(F)cc3F)ccc12. The Balaban J connectivity index is 1.76. The first-order valence-electron chi connectivity index (χ1n) is 7.80. The molecule has 5 nitrogen and oxygen atoms in total.